The minimum absolute atomic E-state index is 0.256. The van der Waals surface area contributed by atoms with E-state index in [9.17, 15) is 23.2 Å². The molecule has 1 aliphatic heterocycles. The highest BCUT2D eigenvalue weighted by molar-refractivity contribution is 5.97. The summed E-state index contributed by atoms with van der Waals surface area (Å²) in [6.45, 7) is 0. The smallest absolute Gasteiger partial charge is 0.342 e. The number of fused-ring (bicyclic) bond motifs is 1. The zero-order chi connectivity index (χ0) is 17.5. The van der Waals surface area contributed by atoms with Gasteiger partial charge in [0, 0.05) is 25.2 Å². The molecule has 1 heterocycles. The van der Waals surface area contributed by atoms with Crippen molar-refractivity contribution >= 4 is 11.4 Å². The first-order valence-corrected chi connectivity index (χ1v) is 7.28. The van der Waals surface area contributed by atoms with Gasteiger partial charge in [-0.25, -0.2) is 0 Å². The summed E-state index contributed by atoms with van der Waals surface area (Å²) in [5.41, 5.74) is 2.15. The lowest BCUT2D eigenvalue weighted by Gasteiger charge is -2.32. The van der Waals surface area contributed by atoms with Gasteiger partial charge in [0.05, 0.1) is 0 Å². The van der Waals surface area contributed by atoms with Gasteiger partial charge in [0.25, 0.3) is 0 Å². The van der Waals surface area contributed by atoms with Gasteiger partial charge >= 0.3 is 6.18 Å². The van der Waals surface area contributed by atoms with Gasteiger partial charge in [0.15, 0.2) is 5.78 Å². The number of nitrogens with zero attached hydrogens (tertiary/aromatic N) is 2. The van der Waals surface area contributed by atoms with E-state index in [-0.39, 0.29) is 12.1 Å². The first kappa shape index (κ1) is 16.1. The Hall–Kier alpha value is -2.81. The predicted molar refractivity (Wildman–Crippen MR) is 82.1 cm³/mol. The van der Waals surface area contributed by atoms with Crippen LogP contribution in [-0.2, 0) is 4.79 Å². The number of alkyl halides is 3. The van der Waals surface area contributed by atoms with Crippen LogP contribution in [0.3, 0.4) is 0 Å². The molecule has 0 radical (unpaired) electrons. The van der Waals surface area contributed by atoms with Crippen LogP contribution in [0.2, 0.25) is 0 Å². The SMILES string of the molecule is CN1C=C2CC(=O)C(C(F)(F)F)C=C2C(c2ccccc2)=C1C#N. The molecule has 3 nitrogen and oxygen atoms in total. The van der Waals surface area contributed by atoms with Crippen molar-refractivity contribution in [2.75, 3.05) is 7.05 Å². The molecule has 24 heavy (non-hydrogen) atoms. The molecule has 0 N–H and O–H groups in total. The van der Waals surface area contributed by atoms with Gasteiger partial charge in [-0.3, -0.25) is 4.79 Å². The Morgan fingerprint density at radius 1 is 1.25 bits per heavy atom. The summed E-state index contributed by atoms with van der Waals surface area (Å²) in [5.74, 6) is -3.01. The van der Waals surface area contributed by atoms with Crippen LogP contribution in [0, 0.1) is 17.2 Å². The maximum absolute atomic E-state index is 13.2. The number of hydrogen-bond acceptors (Lipinski definition) is 3. The van der Waals surface area contributed by atoms with E-state index in [2.05, 4.69) is 6.07 Å². The zero-order valence-electron chi connectivity index (χ0n) is 12.8. The van der Waals surface area contributed by atoms with Crippen LogP contribution < -0.4 is 0 Å². The average Bonchev–Trinajstić information content (AvgIpc) is 2.52. The topological polar surface area (TPSA) is 44.1 Å². The number of carbonyl (C=O) groups is 1. The van der Waals surface area contributed by atoms with Crippen LogP contribution in [0.25, 0.3) is 5.57 Å². The van der Waals surface area contributed by atoms with Crippen LogP contribution in [0.4, 0.5) is 13.2 Å². The molecule has 1 unspecified atom stereocenters. The fourth-order valence-corrected chi connectivity index (χ4v) is 3.03. The summed E-state index contributed by atoms with van der Waals surface area (Å²) in [6, 6.07) is 10.8. The molecule has 1 aromatic carbocycles. The Balaban J connectivity index is 2.24. The standard InChI is InChI=1S/C18H13F3N2O/c1-23-10-12-7-16(24)14(18(19,20)21)8-13(12)17(15(23)9-22)11-5-3-2-4-6-11/h2-6,8,10,14H,7H2,1H3. The molecular formula is C18H13F3N2O. The molecule has 0 aromatic heterocycles. The third kappa shape index (κ3) is 2.62. The van der Waals surface area contributed by atoms with Gasteiger partial charge in [-0.05, 0) is 16.7 Å². The number of nitriles is 1. The maximum Gasteiger partial charge on any atom is 0.402 e. The molecule has 2 aliphatic rings. The third-order valence-electron chi connectivity index (χ3n) is 4.12. The van der Waals surface area contributed by atoms with Gasteiger partial charge in [0.1, 0.15) is 17.7 Å². The van der Waals surface area contributed by atoms with E-state index in [1.165, 1.54) is 0 Å². The quantitative estimate of drug-likeness (QED) is 0.786. The molecule has 6 heteroatoms. The summed E-state index contributed by atoms with van der Waals surface area (Å²) in [6.07, 6.45) is -2.42. The molecule has 3 rings (SSSR count). The van der Waals surface area contributed by atoms with Gasteiger partial charge in [-0.2, -0.15) is 18.4 Å². The molecule has 1 aromatic rings. The van der Waals surface area contributed by atoms with E-state index < -0.39 is 17.9 Å². The first-order chi connectivity index (χ1) is 11.3. The number of ketones is 1. The van der Waals surface area contributed by atoms with Crippen LogP contribution in [-0.4, -0.2) is 23.9 Å². The van der Waals surface area contributed by atoms with E-state index in [4.69, 9.17) is 0 Å². The highest BCUT2D eigenvalue weighted by atomic mass is 19.4. The highest BCUT2D eigenvalue weighted by Crippen LogP contribution is 2.44. The molecular weight excluding hydrogens is 317 g/mol. The van der Waals surface area contributed by atoms with E-state index in [0.29, 0.717) is 22.3 Å². The lowest BCUT2D eigenvalue weighted by molar-refractivity contribution is -0.171. The minimum atomic E-state index is -4.63. The van der Waals surface area contributed by atoms with E-state index >= 15 is 0 Å². The van der Waals surface area contributed by atoms with Crippen LogP contribution in [0.15, 0.2) is 59.5 Å². The number of allylic oxidation sites excluding steroid dienone is 5. The second-order valence-corrected chi connectivity index (χ2v) is 5.71. The van der Waals surface area contributed by atoms with Crippen molar-refractivity contribution < 1.29 is 18.0 Å². The van der Waals surface area contributed by atoms with Crippen molar-refractivity contribution in [3.63, 3.8) is 0 Å². The molecule has 0 fully saturated rings. The van der Waals surface area contributed by atoms with Gasteiger partial charge in [-0.1, -0.05) is 36.4 Å². The Bertz CT molecular complexity index is 826. The van der Waals surface area contributed by atoms with Crippen molar-refractivity contribution in [1.82, 2.24) is 4.90 Å². The summed E-state index contributed by atoms with van der Waals surface area (Å²) in [7, 11) is 1.64. The van der Waals surface area contributed by atoms with E-state index in [0.717, 1.165) is 6.08 Å². The van der Waals surface area contributed by atoms with Crippen LogP contribution in [0.5, 0.6) is 0 Å². The lowest BCUT2D eigenvalue weighted by Crippen LogP contribution is -2.34. The fraction of sp³-hybridized carbons (Fsp3) is 0.222. The van der Waals surface area contributed by atoms with Crippen molar-refractivity contribution in [3.8, 4) is 6.07 Å². The van der Waals surface area contributed by atoms with E-state index in [1.807, 2.05) is 0 Å². The molecule has 1 aliphatic carbocycles. The number of benzene rings is 1. The number of Topliss-reactive ketones (excluding diaryl/α,β-unsaturated/α-hetero) is 1. The molecule has 0 saturated heterocycles. The summed E-state index contributed by atoms with van der Waals surface area (Å²) >= 11 is 0. The van der Waals surface area contributed by atoms with Crippen molar-refractivity contribution in [2.24, 2.45) is 5.92 Å². The number of carbonyl (C=O) groups excluding carboxylic acids is 1. The molecule has 0 amide bonds. The largest absolute Gasteiger partial charge is 0.402 e. The summed E-state index contributed by atoms with van der Waals surface area (Å²) in [4.78, 5) is 13.4. The average molecular weight is 330 g/mol. The third-order valence-corrected chi connectivity index (χ3v) is 4.12. The highest BCUT2D eigenvalue weighted by Gasteiger charge is 2.46. The Morgan fingerprint density at radius 2 is 1.92 bits per heavy atom. The lowest BCUT2D eigenvalue weighted by atomic mass is 9.78. The number of hydrogen-bond donors (Lipinski definition) is 0. The first-order valence-electron chi connectivity index (χ1n) is 7.28. The summed E-state index contributed by atoms with van der Waals surface area (Å²) < 4.78 is 39.5. The fourth-order valence-electron chi connectivity index (χ4n) is 3.03. The molecule has 1 atom stereocenters. The van der Waals surface area contributed by atoms with Crippen molar-refractivity contribution in [2.45, 2.75) is 12.6 Å². The number of rotatable bonds is 1. The second kappa shape index (κ2) is 5.68. The maximum atomic E-state index is 13.2. The van der Waals surface area contributed by atoms with Gasteiger partial charge in [0.2, 0.25) is 0 Å². The Labute approximate surface area is 137 Å². The Kier molecular flexibility index (Phi) is 3.80. The summed E-state index contributed by atoms with van der Waals surface area (Å²) in [5, 5.41) is 9.47. The normalized spacial score (nSPS) is 21.0. The monoisotopic (exact) mass is 330 g/mol. The van der Waals surface area contributed by atoms with E-state index in [1.54, 1.807) is 48.5 Å². The van der Waals surface area contributed by atoms with Gasteiger partial charge < -0.3 is 4.90 Å². The van der Waals surface area contributed by atoms with Gasteiger partial charge in [-0.15, -0.1) is 0 Å². The van der Waals surface area contributed by atoms with Crippen LogP contribution in [0.1, 0.15) is 12.0 Å². The molecule has 0 bridgehead atoms. The second-order valence-electron chi connectivity index (χ2n) is 5.71. The molecule has 0 spiro atoms. The number of halogens is 3. The van der Waals surface area contributed by atoms with Crippen molar-refractivity contribution in [1.29, 1.82) is 5.26 Å². The predicted octanol–water partition coefficient (Wildman–Crippen LogP) is 3.83. The van der Waals surface area contributed by atoms with Crippen molar-refractivity contribution in [3.05, 3.63) is 65.0 Å². The minimum Gasteiger partial charge on any atom is -0.342 e. The van der Waals surface area contributed by atoms with Crippen LogP contribution >= 0.6 is 0 Å². The molecule has 122 valence electrons. The zero-order valence-corrected chi connectivity index (χ0v) is 12.8. The Morgan fingerprint density at radius 3 is 2.50 bits per heavy atom. The molecule has 0 saturated carbocycles.